The molecule has 1 atom stereocenters. The Labute approximate surface area is 99.8 Å². The molecule has 0 radical (unpaired) electrons. The molecule has 1 aliphatic heterocycles. The Morgan fingerprint density at radius 3 is 2.88 bits per heavy atom. The van der Waals surface area contributed by atoms with Crippen molar-refractivity contribution in [2.24, 2.45) is 0 Å². The zero-order chi connectivity index (χ0) is 11.8. The van der Waals surface area contributed by atoms with Crippen LogP contribution in [-0.4, -0.2) is 48.5 Å². The Hall–Kier alpha value is -0.120. The molecule has 1 rings (SSSR count). The van der Waals surface area contributed by atoms with E-state index < -0.39 is 0 Å². The first-order chi connectivity index (χ1) is 7.74. The first kappa shape index (κ1) is 13.9. The minimum atomic E-state index is 0.334. The van der Waals surface area contributed by atoms with Crippen molar-refractivity contribution in [3.63, 3.8) is 0 Å². The lowest BCUT2D eigenvalue weighted by Gasteiger charge is -2.24. The Morgan fingerprint density at radius 2 is 2.19 bits per heavy atom. The maximum absolute atomic E-state index is 8.85. The van der Waals surface area contributed by atoms with E-state index in [2.05, 4.69) is 18.7 Å². The maximum atomic E-state index is 8.85. The summed E-state index contributed by atoms with van der Waals surface area (Å²) in [6, 6.07) is 0.714. The van der Waals surface area contributed by atoms with Crippen molar-refractivity contribution < 1.29 is 9.84 Å². The van der Waals surface area contributed by atoms with Crippen molar-refractivity contribution in [3.05, 3.63) is 0 Å². The fourth-order valence-corrected chi connectivity index (χ4v) is 2.43. The Bertz CT molecular complexity index is 173. The quantitative estimate of drug-likeness (QED) is 0.647. The molecule has 1 heterocycles. The van der Waals surface area contributed by atoms with Crippen LogP contribution >= 0.6 is 0 Å². The van der Waals surface area contributed by atoms with Crippen molar-refractivity contribution in [1.29, 1.82) is 0 Å². The van der Waals surface area contributed by atoms with Gasteiger partial charge in [0.15, 0.2) is 0 Å². The lowest BCUT2D eigenvalue weighted by atomic mass is 10.1. The van der Waals surface area contributed by atoms with Gasteiger partial charge < -0.3 is 14.7 Å². The van der Waals surface area contributed by atoms with Gasteiger partial charge in [-0.05, 0) is 52.5 Å². The summed E-state index contributed by atoms with van der Waals surface area (Å²) in [6.45, 7) is 7.77. The highest BCUT2D eigenvalue weighted by molar-refractivity contribution is 4.78. The van der Waals surface area contributed by atoms with E-state index in [-0.39, 0.29) is 0 Å². The van der Waals surface area contributed by atoms with Crippen molar-refractivity contribution in [2.45, 2.75) is 58.1 Å². The minimum absolute atomic E-state index is 0.334. The molecular formula is C13H27NO2. The number of nitrogens with zero attached hydrogens (tertiary/aromatic N) is 1. The van der Waals surface area contributed by atoms with Gasteiger partial charge in [-0.15, -0.1) is 0 Å². The average Bonchev–Trinajstić information content (AvgIpc) is 2.69. The zero-order valence-electron chi connectivity index (χ0n) is 10.8. The van der Waals surface area contributed by atoms with Gasteiger partial charge in [0.1, 0.15) is 0 Å². The molecule has 0 bridgehead atoms. The third kappa shape index (κ3) is 5.28. The average molecular weight is 229 g/mol. The van der Waals surface area contributed by atoms with Crippen LogP contribution in [0.5, 0.6) is 0 Å². The fourth-order valence-electron chi connectivity index (χ4n) is 2.43. The van der Waals surface area contributed by atoms with Crippen LogP contribution < -0.4 is 0 Å². The highest BCUT2D eigenvalue weighted by Crippen LogP contribution is 2.21. The van der Waals surface area contributed by atoms with E-state index in [4.69, 9.17) is 9.84 Å². The summed E-state index contributed by atoms with van der Waals surface area (Å²) in [7, 11) is 0. The first-order valence-electron chi connectivity index (χ1n) is 6.70. The molecule has 1 aliphatic rings. The maximum Gasteiger partial charge on any atom is 0.0518 e. The minimum Gasteiger partial charge on any atom is -0.396 e. The number of ether oxygens (including phenoxy) is 1. The topological polar surface area (TPSA) is 32.7 Å². The first-order valence-corrected chi connectivity index (χ1v) is 6.70. The summed E-state index contributed by atoms with van der Waals surface area (Å²) in [6.07, 6.45) is 6.22. The van der Waals surface area contributed by atoms with Crippen LogP contribution in [0.25, 0.3) is 0 Å². The van der Waals surface area contributed by atoms with Crippen LogP contribution in [0.4, 0.5) is 0 Å². The number of rotatable bonds is 8. The van der Waals surface area contributed by atoms with Crippen LogP contribution in [0.1, 0.15) is 46.0 Å². The SMILES string of the molecule is CC(C)OCCCN1CCC[C@H]1CCCO. The van der Waals surface area contributed by atoms with Crippen LogP contribution in [0.15, 0.2) is 0 Å². The lowest BCUT2D eigenvalue weighted by molar-refractivity contribution is 0.0690. The summed E-state index contributed by atoms with van der Waals surface area (Å²) in [5, 5.41) is 8.85. The second-order valence-corrected chi connectivity index (χ2v) is 4.97. The van der Waals surface area contributed by atoms with E-state index in [1.54, 1.807) is 0 Å². The van der Waals surface area contributed by atoms with Gasteiger partial charge in [0.05, 0.1) is 6.10 Å². The molecule has 96 valence electrons. The molecule has 0 saturated carbocycles. The van der Waals surface area contributed by atoms with Crippen molar-refractivity contribution >= 4 is 0 Å². The van der Waals surface area contributed by atoms with Crippen LogP contribution in [0.3, 0.4) is 0 Å². The smallest absolute Gasteiger partial charge is 0.0518 e. The van der Waals surface area contributed by atoms with Gasteiger partial charge in [-0.25, -0.2) is 0 Å². The molecule has 0 spiro atoms. The molecule has 0 unspecified atom stereocenters. The third-order valence-electron chi connectivity index (χ3n) is 3.24. The highest BCUT2D eigenvalue weighted by Gasteiger charge is 2.22. The molecule has 0 amide bonds. The van der Waals surface area contributed by atoms with E-state index in [1.807, 2.05) is 0 Å². The Balaban J connectivity index is 2.09. The summed E-state index contributed by atoms with van der Waals surface area (Å²) < 4.78 is 5.55. The van der Waals surface area contributed by atoms with Crippen LogP contribution in [-0.2, 0) is 4.74 Å². The van der Waals surface area contributed by atoms with E-state index >= 15 is 0 Å². The molecular weight excluding hydrogens is 202 g/mol. The number of aliphatic hydroxyl groups is 1. The summed E-state index contributed by atoms with van der Waals surface area (Å²) in [4.78, 5) is 2.57. The second-order valence-electron chi connectivity index (χ2n) is 4.97. The van der Waals surface area contributed by atoms with Crippen LogP contribution in [0.2, 0.25) is 0 Å². The van der Waals surface area contributed by atoms with Gasteiger partial charge in [0, 0.05) is 25.8 Å². The predicted molar refractivity (Wildman–Crippen MR) is 66.6 cm³/mol. The number of hydrogen-bond donors (Lipinski definition) is 1. The summed E-state index contributed by atoms with van der Waals surface area (Å²) >= 11 is 0. The van der Waals surface area contributed by atoms with Gasteiger partial charge >= 0.3 is 0 Å². The van der Waals surface area contributed by atoms with Crippen molar-refractivity contribution in [3.8, 4) is 0 Å². The van der Waals surface area contributed by atoms with Gasteiger partial charge in [0.25, 0.3) is 0 Å². The van der Waals surface area contributed by atoms with E-state index in [0.717, 1.165) is 32.4 Å². The van der Waals surface area contributed by atoms with Crippen molar-refractivity contribution in [2.75, 3.05) is 26.3 Å². The second kappa shape index (κ2) is 8.04. The summed E-state index contributed by atoms with van der Waals surface area (Å²) in [5.74, 6) is 0. The highest BCUT2D eigenvalue weighted by atomic mass is 16.5. The molecule has 0 aromatic heterocycles. The summed E-state index contributed by atoms with van der Waals surface area (Å²) in [5.41, 5.74) is 0. The van der Waals surface area contributed by atoms with E-state index in [9.17, 15) is 0 Å². The predicted octanol–water partition coefficient (Wildman–Crippen LogP) is 2.04. The normalized spacial score (nSPS) is 22.1. The van der Waals surface area contributed by atoms with Gasteiger partial charge in [-0.1, -0.05) is 0 Å². The van der Waals surface area contributed by atoms with Crippen molar-refractivity contribution in [1.82, 2.24) is 4.90 Å². The Kier molecular flexibility index (Phi) is 7.01. The molecule has 3 nitrogen and oxygen atoms in total. The van der Waals surface area contributed by atoms with E-state index in [0.29, 0.717) is 18.8 Å². The van der Waals surface area contributed by atoms with Gasteiger partial charge in [0.2, 0.25) is 0 Å². The Morgan fingerprint density at radius 1 is 1.38 bits per heavy atom. The lowest BCUT2D eigenvalue weighted by Crippen LogP contribution is -2.31. The molecule has 0 aromatic carbocycles. The standard InChI is InChI=1S/C13H27NO2/c1-12(2)16-11-5-9-14-8-3-6-13(14)7-4-10-15/h12-13,15H,3-11H2,1-2H3/t13-/m0/s1. The molecule has 3 heteroatoms. The number of aliphatic hydroxyl groups excluding tert-OH is 1. The van der Waals surface area contributed by atoms with Crippen LogP contribution in [0, 0.1) is 0 Å². The molecule has 1 N–H and O–H groups in total. The number of likely N-dealkylation sites (tertiary alicyclic amines) is 1. The third-order valence-corrected chi connectivity index (χ3v) is 3.24. The monoisotopic (exact) mass is 229 g/mol. The fraction of sp³-hybridized carbons (Fsp3) is 1.00. The number of hydrogen-bond acceptors (Lipinski definition) is 3. The molecule has 0 aromatic rings. The van der Waals surface area contributed by atoms with E-state index in [1.165, 1.54) is 19.4 Å². The largest absolute Gasteiger partial charge is 0.396 e. The molecule has 1 saturated heterocycles. The van der Waals surface area contributed by atoms with Gasteiger partial charge in [-0.2, -0.15) is 0 Å². The molecule has 0 aliphatic carbocycles. The van der Waals surface area contributed by atoms with Gasteiger partial charge in [-0.3, -0.25) is 0 Å². The molecule has 16 heavy (non-hydrogen) atoms. The molecule has 1 fully saturated rings. The zero-order valence-corrected chi connectivity index (χ0v) is 10.8.